The minimum absolute atomic E-state index is 0.207. The van der Waals surface area contributed by atoms with Crippen LogP contribution in [0.15, 0.2) is 60.1 Å². The van der Waals surface area contributed by atoms with Crippen LogP contribution in [0.3, 0.4) is 0 Å². The van der Waals surface area contributed by atoms with Gasteiger partial charge in [-0.2, -0.15) is 0 Å². The van der Waals surface area contributed by atoms with E-state index in [1.54, 1.807) is 16.7 Å². The summed E-state index contributed by atoms with van der Waals surface area (Å²) in [5.41, 5.74) is 2.26. The Labute approximate surface area is 205 Å². The first-order valence-electron chi connectivity index (χ1n) is 10.7. The molecule has 2 aromatic carbocycles. The van der Waals surface area contributed by atoms with E-state index in [0.717, 1.165) is 11.3 Å². The Balaban J connectivity index is 1.18. The van der Waals surface area contributed by atoms with Crippen molar-refractivity contribution in [1.29, 1.82) is 0 Å². The quantitative estimate of drug-likeness (QED) is 0.228. The van der Waals surface area contributed by atoms with Gasteiger partial charge in [-0.1, -0.05) is 0 Å². The molecule has 1 aliphatic heterocycles. The number of nitrogens with zero attached hydrogens (tertiary/aromatic N) is 4. The van der Waals surface area contributed by atoms with Crippen LogP contribution in [-0.4, -0.2) is 38.5 Å². The van der Waals surface area contributed by atoms with Gasteiger partial charge in [-0.05, 0) is 53.5 Å². The molecule has 0 N–H and O–H groups in total. The van der Waals surface area contributed by atoms with E-state index in [0.29, 0.717) is 29.3 Å². The summed E-state index contributed by atoms with van der Waals surface area (Å²) in [6, 6.07) is 13.1. The highest BCUT2D eigenvalue weighted by atomic mass is 32.1. The molecular weight excluding hydrogens is 501 g/mol. The number of nitro groups is 1. The molecule has 3 heterocycles. The third-order valence-corrected chi connectivity index (χ3v) is 6.19. The van der Waals surface area contributed by atoms with Crippen molar-refractivity contribution in [1.82, 2.24) is 14.5 Å². The minimum atomic E-state index is -4.73. The molecule has 2 aromatic heterocycles. The highest BCUT2D eigenvalue weighted by Gasteiger charge is 2.31. The molecular formula is C23H17F3N4O5S. The number of ether oxygens (including phenoxy) is 3. The summed E-state index contributed by atoms with van der Waals surface area (Å²) in [6.07, 6.45) is -3.04. The Morgan fingerprint density at radius 3 is 2.47 bits per heavy atom. The predicted molar refractivity (Wildman–Crippen MR) is 123 cm³/mol. The number of benzene rings is 2. The molecule has 5 rings (SSSR count). The number of imidazole rings is 1. The number of alkyl halides is 3. The Bertz CT molecular complexity index is 1370. The fraction of sp³-hybridized carbons (Fsp3) is 0.217. The van der Waals surface area contributed by atoms with Crippen LogP contribution >= 0.6 is 11.3 Å². The fourth-order valence-electron chi connectivity index (χ4n) is 3.59. The number of rotatable bonds is 7. The van der Waals surface area contributed by atoms with Crippen LogP contribution in [0.1, 0.15) is 6.42 Å². The van der Waals surface area contributed by atoms with E-state index in [1.165, 1.54) is 41.8 Å². The molecule has 0 spiro atoms. The molecule has 0 fully saturated rings. The average molecular weight is 518 g/mol. The zero-order valence-corrected chi connectivity index (χ0v) is 19.2. The van der Waals surface area contributed by atoms with Crippen molar-refractivity contribution >= 4 is 17.2 Å². The van der Waals surface area contributed by atoms with E-state index in [-0.39, 0.29) is 30.3 Å². The van der Waals surface area contributed by atoms with Gasteiger partial charge < -0.3 is 24.3 Å². The lowest BCUT2D eigenvalue weighted by Gasteiger charge is -2.22. The number of aryl methyl sites for hydroxylation is 1. The van der Waals surface area contributed by atoms with E-state index in [2.05, 4.69) is 14.7 Å². The van der Waals surface area contributed by atoms with Crippen LogP contribution in [0.2, 0.25) is 0 Å². The molecule has 1 unspecified atom stereocenters. The van der Waals surface area contributed by atoms with Crippen molar-refractivity contribution in [2.24, 2.45) is 0 Å². The highest BCUT2D eigenvalue weighted by Crippen LogP contribution is 2.32. The molecule has 0 radical (unpaired) electrons. The van der Waals surface area contributed by atoms with Gasteiger partial charge in [-0.25, -0.2) is 4.98 Å². The van der Waals surface area contributed by atoms with Crippen LogP contribution in [0, 0.1) is 10.1 Å². The Morgan fingerprint density at radius 1 is 1.08 bits per heavy atom. The first-order chi connectivity index (χ1) is 17.2. The van der Waals surface area contributed by atoms with E-state index < -0.39 is 11.3 Å². The summed E-state index contributed by atoms with van der Waals surface area (Å²) in [5.74, 6) is 0.0848. The second-order valence-electron chi connectivity index (χ2n) is 7.81. The third kappa shape index (κ3) is 5.40. The molecule has 9 nitrogen and oxygen atoms in total. The average Bonchev–Trinajstić information content (AvgIpc) is 3.50. The zero-order valence-electron chi connectivity index (χ0n) is 18.3. The van der Waals surface area contributed by atoms with Gasteiger partial charge in [0.15, 0.2) is 0 Å². The summed E-state index contributed by atoms with van der Waals surface area (Å²) in [6.45, 7) is 0.808. The van der Waals surface area contributed by atoms with Gasteiger partial charge in [0.1, 0.15) is 35.4 Å². The summed E-state index contributed by atoms with van der Waals surface area (Å²) in [5, 5.41) is 13.4. The first kappa shape index (κ1) is 23.6. The second kappa shape index (κ2) is 9.49. The lowest BCUT2D eigenvalue weighted by molar-refractivity contribution is -0.389. The van der Waals surface area contributed by atoms with E-state index in [1.807, 2.05) is 17.5 Å². The van der Waals surface area contributed by atoms with Crippen LogP contribution in [0.5, 0.6) is 17.5 Å². The summed E-state index contributed by atoms with van der Waals surface area (Å²) >= 11 is 1.38. The van der Waals surface area contributed by atoms with Crippen LogP contribution in [0.25, 0.3) is 21.8 Å². The monoisotopic (exact) mass is 518 g/mol. The third-order valence-electron chi connectivity index (χ3n) is 5.30. The molecule has 1 aliphatic rings. The van der Waals surface area contributed by atoms with Crippen molar-refractivity contribution < 1.29 is 32.3 Å². The van der Waals surface area contributed by atoms with E-state index >= 15 is 0 Å². The standard InChI is InChI=1S/C23H17F3N4O5S/c24-23(25,26)35-17-7-3-15(4-8-17)21-27-19(13-36-21)14-1-5-16(6-2-14)33-12-18-9-10-29-11-20(30(31)32)28-22(29)34-18/h1-8,11,13,18H,9-10,12H2. The number of hydrogen-bond donors (Lipinski definition) is 0. The maximum atomic E-state index is 12.3. The Kier molecular flexibility index (Phi) is 6.22. The number of aromatic nitrogens is 3. The number of fused-ring (bicyclic) bond motifs is 1. The molecule has 36 heavy (non-hydrogen) atoms. The number of hydrogen-bond acceptors (Lipinski definition) is 8. The topological polar surface area (TPSA) is 102 Å². The molecule has 0 aliphatic carbocycles. The molecule has 0 amide bonds. The largest absolute Gasteiger partial charge is 0.573 e. The zero-order chi connectivity index (χ0) is 25.3. The lowest BCUT2D eigenvalue weighted by Crippen LogP contribution is -2.31. The summed E-state index contributed by atoms with van der Waals surface area (Å²) in [7, 11) is 0. The smallest absolute Gasteiger partial charge is 0.490 e. The summed E-state index contributed by atoms with van der Waals surface area (Å²) in [4.78, 5) is 18.8. The van der Waals surface area contributed by atoms with Gasteiger partial charge in [0.2, 0.25) is 0 Å². The van der Waals surface area contributed by atoms with Gasteiger partial charge in [-0.3, -0.25) is 4.57 Å². The molecule has 0 saturated carbocycles. The highest BCUT2D eigenvalue weighted by molar-refractivity contribution is 7.13. The van der Waals surface area contributed by atoms with Crippen LogP contribution < -0.4 is 14.2 Å². The summed E-state index contributed by atoms with van der Waals surface area (Å²) < 4.78 is 54.0. The first-order valence-corrected chi connectivity index (χ1v) is 11.5. The number of thiazole rings is 1. The maximum Gasteiger partial charge on any atom is 0.573 e. The maximum absolute atomic E-state index is 12.3. The van der Waals surface area contributed by atoms with Gasteiger partial charge in [-0.15, -0.1) is 24.5 Å². The molecule has 0 saturated heterocycles. The van der Waals surface area contributed by atoms with Crippen molar-refractivity contribution in [3.05, 3.63) is 70.2 Å². The van der Waals surface area contributed by atoms with Gasteiger partial charge in [0, 0.05) is 34.5 Å². The molecule has 0 bridgehead atoms. The Hall–Kier alpha value is -4.13. The second-order valence-corrected chi connectivity index (χ2v) is 8.66. The number of halogens is 3. The van der Waals surface area contributed by atoms with Crippen LogP contribution in [0.4, 0.5) is 19.0 Å². The minimum Gasteiger partial charge on any atom is -0.490 e. The van der Waals surface area contributed by atoms with E-state index in [4.69, 9.17) is 9.47 Å². The molecule has 13 heteroatoms. The predicted octanol–water partition coefficient (Wildman–Crippen LogP) is 5.71. The van der Waals surface area contributed by atoms with Crippen molar-refractivity contribution in [3.8, 4) is 39.3 Å². The van der Waals surface area contributed by atoms with Crippen LogP contribution in [-0.2, 0) is 6.54 Å². The normalized spacial score (nSPS) is 15.1. The SMILES string of the molecule is O=[N+]([O-])c1cn2c(n1)OC(COc1ccc(-c3csc(-c4ccc(OC(F)(F)F)cc4)n3)cc1)CC2. The molecule has 4 aromatic rings. The van der Waals surface area contributed by atoms with Gasteiger partial charge in [0.05, 0.1) is 5.69 Å². The van der Waals surface area contributed by atoms with Gasteiger partial charge in [0.25, 0.3) is 0 Å². The van der Waals surface area contributed by atoms with Crippen molar-refractivity contribution in [2.75, 3.05) is 6.61 Å². The molecule has 186 valence electrons. The molecule has 1 atom stereocenters. The van der Waals surface area contributed by atoms with E-state index in [9.17, 15) is 23.3 Å². The van der Waals surface area contributed by atoms with Crippen molar-refractivity contribution in [2.45, 2.75) is 25.4 Å². The Morgan fingerprint density at radius 2 is 1.78 bits per heavy atom. The fourth-order valence-corrected chi connectivity index (χ4v) is 4.42. The lowest BCUT2D eigenvalue weighted by atomic mass is 10.1. The van der Waals surface area contributed by atoms with Crippen molar-refractivity contribution in [3.63, 3.8) is 0 Å². The van der Waals surface area contributed by atoms with Gasteiger partial charge >= 0.3 is 18.2 Å².